The Morgan fingerprint density at radius 1 is 0.667 bits per heavy atom. The third kappa shape index (κ3) is 7.83. The van der Waals surface area contributed by atoms with E-state index in [1.165, 1.54) is 11.1 Å². The van der Waals surface area contributed by atoms with Gasteiger partial charge >= 0.3 is 17.6 Å². The van der Waals surface area contributed by atoms with Crippen molar-refractivity contribution in [3.8, 4) is 0 Å². The van der Waals surface area contributed by atoms with Crippen LogP contribution in [0.4, 0.5) is 0 Å². The molecule has 1 unspecified atom stereocenters. The molecule has 174 valence electrons. The fraction of sp³-hybridized carbons (Fsp3) is 0.727. The highest BCUT2D eigenvalue weighted by Crippen LogP contribution is 2.32. The van der Waals surface area contributed by atoms with Crippen molar-refractivity contribution in [3.63, 3.8) is 0 Å². The van der Waals surface area contributed by atoms with Crippen molar-refractivity contribution in [3.05, 3.63) is 35.4 Å². The Morgan fingerprint density at radius 2 is 1.17 bits per heavy atom. The molecule has 0 aromatic heterocycles. The highest BCUT2D eigenvalue weighted by molar-refractivity contribution is 6.62. The van der Waals surface area contributed by atoms with E-state index in [2.05, 4.69) is 31.2 Å². The molecule has 0 saturated heterocycles. The van der Waals surface area contributed by atoms with Gasteiger partial charge in [0.15, 0.2) is 0 Å². The first kappa shape index (κ1) is 27.4. The quantitative estimate of drug-likeness (QED) is 0.245. The van der Waals surface area contributed by atoms with Gasteiger partial charge in [-0.25, -0.2) is 0 Å². The highest BCUT2D eigenvalue weighted by atomic mass is 28.4. The number of aryl methyl sites for hydroxylation is 2. The van der Waals surface area contributed by atoms with Crippen molar-refractivity contribution in [2.45, 2.75) is 63.5 Å². The molecule has 0 N–H and O–H groups in total. The van der Waals surface area contributed by atoms with E-state index in [1.807, 2.05) is 0 Å². The number of hydrogen-bond donors (Lipinski definition) is 0. The standard InChI is InChI=1S/C22H42O6Si2/c1-8-22(30(26-5,27-6)28-7)18-17-21-15-13-20(14-16-21)12-10-9-11-19-29(23-2,24-3)25-4/h13-16,22H,8-12,17-19H2,1-7H3. The second-order valence-corrected chi connectivity index (χ2v) is 13.9. The Hall–Kier alpha value is -0.586. The first-order valence-electron chi connectivity index (χ1n) is 10.9. The van der Waals surface area contributed by atoms with Crippen LogP contribution >= 0.6 is 0 Å². The van der Waals surface area contributed by atoms with Crippen LogP contribution in [-0.4, -0.2) is 60.3 Å². The van der Waals surface area contributed by atoms with E-state index in [0.717, 1.165) is 51.0 Å². The normalized spacial score (nSPS) is 13.6. The molecule has 8 heteroatoms. The fourth-order valence-corrected chi connectivity index (χ4v) is 8.29. The van der Waals surface area contributed by atoms with Gasteiger partial charge in [-0.05, 0) is 49.7 Å². The molecule has 1 aromatic carbocycles. The van der Waals surface area contributed by atoms with Crippen LogP contribution in [0.15, 0.2) is 24.3 Å². The first-order chi connectivity index (χ1) is 14.5. The Labute approximate surface area is 185 Å². The van der Waals surface area contributed by atoms with Crippen LogP contribution in [0.25, 0.3) is 0 Å². The second kappa shape index (κ2) is 14.5. The van der Waals surface area contributed by atoms with Gasteiger partial charge in [-0.3, -0.25) is 0 Å². The zero-order valence-corrected chi connectivity index (χ0v) is 22.0. The van der Waals surface area contributed by atoms with Gasteiger partial charge in [-0.1, -0.05) is 37.6 Å². The van der Waals surface area contributed by atoms with Crippen molar-refractivity contribution >= 4 is 17.6 Å². The van der Waals surface area contributed by atoms with Crippen LogP contribution in [0.3, 0.4) is 0 Å². The lowest BCUT2D eigenvalue weighted by molar-refractivity contribution is 0.109. The molecule has 0 aliphatic carbocycles. The summed E-state index contributed by atoms with van der Waals surface area (Å²) in [6.45, 7) is 2.17. The van der Waals surface area contributed by atoms with Crippen molar-refractivity contribution in [1.29, 1.82) is 0 Å². The minimum Gasteiger partial charge on any atom is -0.377 e. The van der Waals surface area contributed by atoms with Gasteiger partial charge < -0.3 is 26.6 Å². The summed E-state index contributed by atoms with van der Waals surface area (Å²) in [5, 5.41) is 0. The molecule has 0 aliphatic rings. The van der Waals surface area contributed by atoms with E-state index < -0.39 is 17.6 Å². The summed E-state index contributed by atoms with van der Waals surface area (Å²) < 4.78 is 33.5. The SMILES string of the molecule is CCC(CCc1ccc(CCCCC[Si](OC)(OC)OC)cc1)[Si](OC)(OC)OC. The number of rotatable bonds is 17. The monoisotopic (exact) mass is 458 g/mol. The van der Waals surface area contributed by atoms with Gasteiger partial charge in [0, 0.05) is 54.2 Å². The molecule has 0 spiro atoms. The van der Waals surface area contributed by atoms with Gasteiger partial charge in [0.1, 0.15) is 0 Å². The number of unbranched alkanes of at least 4 members (excludes halogenated alkanes) is 2. The molecular weight excluding hydrogens is 416 g/mol. The summed E-state index contributed by atoms with van der Waals surface area (Å²) in [4.78, 5) is 0. The molecular formula is C22H42O6Si2. The van der Waals surface area contributed by atoms with Crippen molar-refractivity contribution in [2.75, 3.05) is 42.7 Å². The van der Waals surface area contributed by atoms with Crippen LogP contribution in [0, 0.1) is 0 Å². The first-order valence-corrected chi connectivity index (χ1v) is 14.6. The summed E-state index contributed by atoms with van der Waals surface area (Å²) in [5.74, 6) is 0. The Morgan fingerprint density at radius 3 is 1.60 bits per heavy atom. The third-order valence-corrected chi connectivity index (χ3v) is 12.3. The predicted molar refractivity (Wildman–Crippen MR) is 125 cm³/mol. The summed E-state index contributed by atoms with van der Waals surface area (Å²) in [7, 11) is 5.09. The van der Waals surface area contributed by atoms with Gasteiger partial charge in [-0.15, -0.1) is 0 Å². The van der Waals surface area contributed by atoms with E-state index in [9.17, 15) is 0 Å². The molecule has 0 saturated carbocycles. The van der Waals surface area contributed by atoms with Crippen molar-refractivity contribution < 1.29 is 26.6 Å². The van der Waals surface area contributed by atoms with Crippen LogP contribution in [0.2, 0.25) is 11.6 Å². The van der Waals surface area contributed by atoms with E-state index in [0.29, 0.717) is 5.54 Å². The second-order valence-electron chi connectivity index (χ2n) is 7.53. The van der Waals surface area contributed by atoms with Crippen LogP contribution in [-0.2, 0) is 39.4 Å². The van der Waals surface area contributed by atoms with Crippen molar-refractivity contribution in [1.82, 2.24) is 0 Å². The third-order valence-electron chi connectivity index (χ3n) is 6.03. The predicted octanol–water partition coefficient (Wildman–Crippen LogP) is 4.87. The summed E-state index contributed by atoms with van der Waals surface area (Å²) in [6.07, 6.45) is 7.43. The zero-order chi connectivity index (χ0) is 22.5. The Bertz CT molecular complexity index is 545. The summed E-state index contributed by atoms with van der Waals surface area (Å²) in [6, 6.07) is 9.86. The summed E-state index contributed by atoms with van der Waals surface area (Å²) >= 11 is 0. The molecule has 30 heavy (non-hydrogen) atoms. The minimum absolute atomic E-state index is 0.305. The molecule has 0 amide bonds. The Balaban J connectivity index is 2.45. The topological polar surface area (TPSA) is 55.4 Å². The van der Waals surface area contributed by atoms with Gasteiger partial charge in [0.2, 0.25) is 0 Å². The lowest BCUT2D eigenvalue weighted by Gasteiger charge is -2.31. The summed E-state index contributed by atoms with van der Waals surface area (Å²) in [5.41, 5.74) is 3.03. The van der Waals surface area contributed by atoms with E-state index in [-0.39, 0.29) is 0 Å². The largest absolute Gasteiger partial charge is 0.503 e. The average molecular weight is 459 g/mol. The average Bonchev–Trinajstić information content (AvgIpc) is 2.80. The number of benzene rings is 1. The molecule has 6 nitrogen and oxygen atoms in total. The van der Waals surface area contributed by atoms with E-state index in [1.54, 1.807) is 42.7 Å². The van der Waals surface area contributed by atoms with Gasteiger partial charge in [-0.2, -0.15) is 0 Å². The molecule has 0 fully saturated rings. The molecule has 1 rings (SSSR count). The molecule has 1 atom stereocenters. The van der Waals surface area contributed by atoms with Crippen LogP contribution in [0.1, 0.15) is 50.2 Å². The molecule has 0 radical (unpaired) electrons. The molecule has 0 aliphatic heterocycles. The molecule has 0 bridgehead atoms. The van der Waals surface area contributed by atoms with E-state index in [4.69, 9.17) is 26.6 Å². The fourth-order valence-electron chi connectivity index (χ4n) is 4.00. The zero-order valence-electron chi connectivity index (χ0n) is 20.0. The Kier molecular flexibility index (Phi) is 13.2. The van der Waals surface area contributed by atoms with Crippen LogP contribution in [0.5, 0.6) is 0 Å². The number of hydrogen-bond acceptors (Lipinski definition) is 6. The van der Waals surface area contributed by atoms with Crippen LogP contribution < -0.4 is 0 Å². The maximum atomic E-state index is 5.68. The maximum Gasteiger partial charge on any atom is 0.503 e. The molecule has 0 heterocycles. The van der Waals surface area contributed by atoms with E-state index >= 15 is 0 Å². The van der Waals surface area contributed by atoms with Gasteiger partial charge in [0.25, 0.3) is 0 Å². The smallest absolute Gasteiger partial charge is 0.377 e. The maximum absolute atomic E-state index is 5.68. The lowest BCUT2D eigenvalue weighted by Crippen LogP contribution is -2.47. The van der Waals surface area contributed by atoms with Gasteiger partial charge in [0.05, 0.1) is 0 Å². The highest BCUT2D eigenvalue weighted by Gasteiger charge is 2.45. The van der Waals surface area contributed by atoms with Crippen molar-refractivity contribution in [2.24, 2.45) is 0 Å². The lowest BCUT2D eigenvalue weighted by atomic mass is 10.0. The minimum atomic E-state index is -2.58. The molecule has 1 aromatic rings.